The molecule has 0 spiro atoms. The van der Waals surface area contributed by atoms with E-state index in [0.717, 1.165) is 33.4 Å². The molecule has 1 amide bonds. The van der Waals surface area contributed by atoms with Crippen LogP contribution in [0.5, 0.6) is 0 Å². The smallest absolute Gasteiger partial charge is 0.256 e. The average molecular weight is 431 g/mol. The summed E-state index contributed by atoms with van der Waals surface area (Å²) in [6, 6.07) is 18.9. The van der Waals surface area contributed by atoms with E-state index in [0.29, 0.717) is 5.57 Å². The molecule has 2 heterocycles. The van der Waals surface area contributed by atoms with Crippen molar-refractivity contribution in [1.82, 2.24) is 4.57 Å². The van der Waals surface area contributed by atoms with Gasteiger partial charge in [0.25, 0.3) is 5.91 Å². The summed E-state index contributed by atoms with van der Waals surface area (Å²) in [6.45, 7) is 5.13. The van der Waals surface area contributed by atoms with Gasteiger partial charge in [0.1, 0.15) is 0 Å². The number of anilines is 1. The molecule has 0 saturated heterocycles. The van der Waals surface area contributed by atoms with Crippen molar-refractivity contribution in [2.75, 3.05) is 5.32 Å². The number of carbonyl (C=O) groups is 1. The summed E-state index contributed by atoms with van der Waals surface area (Å²) < 4.78 is 3.34. The molecule has 28 heavy (non-hydrogen) atoms. The van der Waals surface area contributed by atoms with Crippen molar-refractivity contribution in [3.63, 3.8) is 0 Å². The monoisotopic (exact) mass is 430 g/mol. The van der Waals surface area contributed by atoms with Crippen LogP contribution in [0.2, 0.25) is 0 Å². The molecule has 5 rings (SSSR count). The van der Waals surface area contributed by atoms with Crippen LogP contribution in [-0.4, -0.2) is 10.5 Å². The summed E-state index contributed by atoms with van der Waals surface area (Å²) in [5.74, 6) is -0.0488. The maximum absolute atomic E-state index is 12.6. The molecular formula is C24H19BrN2O. The second kappa shape index (κ2) is 6.35. The molecule has 4 aromatic rings. The fourth-order valence-electron chi connectivity index (χ4n) is 4.25. The Labute approximate surface area is 171 Å². The number of aryl methyl sites for hydroxylation is 1. The van der Waals surface area contributed by atoms with E-state index in [1.165, 1.54) is 21.8 Å². The van der Waals surface area contributed by atoms with Crippen LogP contribution in [0.25, 0.3) is 33.5 Å². The molecule has 0 bridgehead atoms. The van der Waals surface area contributed by atoms with Gasteiger partial charge in [0.2, 0.25) is 0 Å². The van der Waals surface area contributed by atoms with Gasteiger partial charge in [-0.1, -0.05) is 40.2 Å². The van der Waals surface area contributed by atoms with Crippen LogP contribution >= 0.6 is 15.9 Å². The molecule has 0 saturated carbocycles. The number of nitrogens with one attached hydrogen (secondary N) is 1. The Morgan fingerprint density at radius 2 is 1.82 bits per heavy atom. The predicted octanol–water partition coefficient (Wildman–Crippen LogP) is 6.38. The van der Waals surface area contributed by atoms with Crippen LogP contribution < -0.4 is 5.32 Å². The Morgan fingerprint density at radius 3 is 2.64 bits per heavy atom. The first-order valence-electron chi connectivity index (χ1n) is 9.42. The van der Waals surface area contributed by atoms with Gasteiger partial charge in [-0.3, -0.25) is 4.79 Å². The van der Waals surface area contributed by atoms with Crippen molar-refractivity contribution in [1.29, 1.82) is 0 Å². The minimum Gasteiger partial charge on any atom is -0.341 e. The maximum atomic E-state index is 12.6. The summed E-state index contributed by atoms with van der Waals surface area (Å²) >= 11 is 3.58. The number of hydrogen-bond acceptors (Lipinski definition) is 1. The Morgan fingerprint density at radius 1 is 1.04 bits per heavy atom. The lowest BCUT2D eigenvalue weighted by atomic mass is 9.99. The van der Waals surface area contributed by atoms with Gasteiger partial charge in [-0.15, -0.1) is 0 Å². The normalized spacial score (nSPS) is 14.8. The number of para-hydroxylation sites is 1. The minimum atomic E-state index is -0.0488. The van der Waals surface area contributed by atoms with E-state index in [4.69, 9.17) is 0 Å². The minimum absolute atomic E-state index is 0.0488. The third-order valence-corrected chi connectivity index (χ3v) is 6.44. The highest BCUT2D eigenvalue weighted by atomic mass is 79.9. The highest BCUT2D eigenvalue weighted by molar-refractivity contribution is 9.10. The van der Waals surface area contributed by atoms with Crippen molar-refractivity contribution < 1.29 is 4.79 Å². The Balaban J connectivity index is 1.73. The van der Waals surface area contributed by atoms with E-state index in [1.807, 2.05) is 25.1 Å². The van der Waals surface area contributed by atoms with Gasteiger partial charge in [-0.25, -0.2) is 0 Å². The molecule has 1 aliphatic rings. The van der Waals surface area contributed by atoms with Gasteiger partial charge in [0.05, 0.1) is 0 Å². The molecule has 4 heteroatoms. The van der Waals surface area contributed by atoms with Crippen LogP contribution in [0.3, 0.4) is 0 Å². The van der Waals surface area contributed by atoms with Gasteiger partial charge in [0.15, 0.2) is 0 Å². The zero-order chi connectivity index (χ0) is 19.4. The summed E-state index contributed by atoms with van der Waals surface area (Å²) in [4.78, 5) is 12.6. The third kappa shape index (κ3) is 2.45. The van der Waals surface area contributed by atoms with Gasteiger partial charge >= 0.3 is 0 Å². The molecule has 138 valence electrons. The molecule has 0 atom stereocenters. The number of rotatable bonds is 2. The van der Waals surface area contributed by atoms with Crippen molar-refractivity contribution >= 4 is 61.0 Å². The van der Waals surface area contributed by atoms with Crippen molar-refractivity contribution in [3.05, 3.63) is 75.8 Å². The Kier molecular flexibility index (Phi) is 3.91. The van der Waals surface area contributed by atoms with Crippen molar-refractivity contribution in [3.8, 4) is 0 Å². The summed E-state index contributed by atoms with van der Waals surface area (Å²) in [5, 5.41) is 5.45. The largest absolute Gasteiger partial charge is 0.341 e. The maximum Gasteiger partial charge on any atom is 0.256 e. The molecule has 0 radical (unpaired) electrons. The zero-order valence-electron chi connectivity index (χ0n) is 15.7. The van der Waals surface area contributed by atoms with E-state index in [1.54, 1.807) is 0 Å². The molecule has 0 aliphatic carbocycles. The number of carbonyl (C=O) groups excluding carboxylic acids is 1. The van der Waals surface area contributed by atoms with E-state index in [2.05, 4.69) is 75.2 Å². The van der Waals surface area contributed by atoms with Crippen LogP contribution in [-0.2, 0) is 11.3 Å². The number of aromatic nitrogens is 1. The second-order valence-corrected chi connectivity index (χ2v) is 8.00. The summed E-state index contributed by atoms with van der Waals surface area (Å²) in [5.41, 5.74) is 7.15. The molecule has 0 fully saturated rings. The molecule has 1 N–H and O–H groups in total. The van der Waals surface area contributed by atoms with Crippen molar-refractivity contribution in [2.45, 2.75) is 20.4 Å². The van der Waals surface area contributed by atoms with Gasteiger partial charge < -0.3 is 9.88 Å². The molecule has 3 nitrogen and oxygen atoms in total. The topological polar surface area (TPSA) is 34.0 Å². The van der Waals surface area contributed by atoms with Crippen LogP contribution in [0.15, 0.2) is 59.1 Å². The van der Waals surface area contributed by atoms with E-state index >= 15 is 0 Å². The van der Waals surface area contributed by atoms with Crippen LogP contribution in [0.1, 0.15) is 23.6 Å². The third-order valence-electron chi connectivity index (χ3n) is 5.58. The first-order chi connectivity index (χ1) is 13.6. The standard InChI is InChI=1S/C24H19BrN2O/c1-3-27-21-7-5-4-6-16(21)17-12-15(8-11-22(17)27)13-18-23-14(2)19(25)9-10-20(23)26-24(18)28/h4-13H,3H2,1-2H3,(H,26,28). The van der Waals surface area contributed by atoms with Crippen molar-refractivity contribution in [2.24, 2.45) is 0 Å². The highest BCUT2D eigenvalue weighted by Gasteiger charge is 2.26. The highest BCUT2D eigenvalue weighted by Crippen LogP contribution is 2.39. The fraction of sp³-hybridized carbons (Fsp3) is 0.125. The van der Waals surface area contributed by atoms with E-state index < -0.39 is 0 Å². The Bertz CT molecular complexity index is 1310. The van der Waals surface area contributed by atoms with Gasteiger partial charge in [-0.05, 0) is 61.4 Å². The number of benzene rings is 3. The fourth-order valence-corrected chi connectivity index (χ4v) is 4.58. The summed E-state index contributed by atoms with van der Waals surface area (Å²) in [6.07, 6.45) is 2.00. The van der Waals surface area contributed by atoms with Crippen LogP contribution in [0, 0.1) is 6.92 Å². The molecule has 1 aliphatic heterocycles. The number of halogens is 1. The first-order valence-corrected chi connectivity index (χ1v) is 10.2. The van der Waals surface area contributed by atoms with Gasteiger partial charge in [0, 0.05) is 49.6 Å². The number of hydrogen-bond donors (Lipinski definition) is 1. The second-order valence-electron chi connectivity index (χ2n) is 7.15. The number of nitrogens with zero attached hydrogens (tertiary/aromatic N) is 1. The molecular weight excluding hydrogens is 412 g/mol. The zero-order valence-corrected chi connectivity index (χ0v) is 17.3. The SMILES string of the molecule is CCn1c2ccccc2c2cc(C=C3C(=O)Nc4ccc(Br)c(C)c43)ccc21. The molecule has 3 aromatic carbocycles. The van der Waals surface area contributed by atoms with Gasteiger partial charge in [-0.2, -0.15) is 0 Å². The predicted molar refractivity (Wildman–Crippen MR) is 120 cm³/mol. The number of fused-ring (bicyclic) bond motifs is 4. The lowest BCUT2D eigenvalue weighted by Crippen LogP contribution is -2.03. The molecule has 0 unspecified atom stereocenters. The Hall–Kier alpha value is -2.85. The lowest BCUT2D eigenvalue weighted by Gasteiger charge is -2.06. The number of amides is 1. The first kappa shape index (κ1) is 17.3. The average Bonchev–Trinajstić information content (AvgIpc) is 3.19. The van der Waals surface area contributed by atoms with E-state index in [-0.39, 0.29) is 5.91 Å². The quantitative estimate of drug-likeness (QED) is 0.367. The lowest BCUT2D eigenvalue weighted by molar-refractivity contribution is -0.110. The van der Waals surface area contributed by atoms with Crippen LogP contribution in [0.4, 0.5) is 5.69 Å². The van der Waals surface area contributed by atoms with E-state index in [9.17, 15) is 4.79 Å². The summed E-state index contributed by atoms with van der Waals surface area (Å²) in [7, 11) is 0. The molecule has 1 aromatic heterocycles.